The molecule has 0 aliphatic carbocycles. The highest BCUT2D eigenvalue weighted by Gasteiger charge is 2.51. The van der Waals surface area contributed by atoms with E-state index in [0.29, 0.717) is 11.8 Å². The highest BCUT2D eigenvalue weighted by atomic mass is 16.7. The summed E-state index contributed by atoms with van der Waals surface area (Å²) in [4.78, 5) is 8.31. The second kappa shape index (κ2) is 5.62. The van der Waals surface area contributed by atoms with Crippen LogP contribution in [0, 0.1) is 6.92 Å². The fourth-order valence-corrected chi connectivity index (χ4v) is 2.25. The van der Waals surface area contributed by atoms with Crippen molar-refractivity contribution in [3.8, 4) is 11.8 Å². The van der Waals surface area contributed by atoms with E-state index in [1.807, 2.05) is 65.0 Å². The SMILES string of the molecule is Cc1ccnc(Oc2ccc(B3OC(C)(C)C(C)(C)O3)cc2)n1. The quantitative estimate of drug-likeness (QED) is 0.816. The number of nitrogens with zero attached hydrogens (tertiary/aromatic N) is 2. The van der Waals surface area contributed by atoms with Crippen LogP contribution in [0.15, 0.2) is 36.5 Å². The fraction of sp³-hybridized carbons (Fsp3) is 0.412. The Hall–Kier alpha value is -1.92. The number of aryl methyl sites for hydroxylation is 1. The van der Waals surface area contributed by atoms with Gasteiger partial charge < -0.3 is 14.0 Å². The van der Waals surface area contributed by atoms with Crippen molar-refractivity contribution in [3.05, 3.63) is 42.2 Å². The predicted molar refractivity (Wildman–Crippen MR) is 89.0 cm³/mol. The largest absolute Gasteiger partial charge is 0.494 e. The van der Waals surface area contributed by atoms with Crippen LogP contribution in [-0.4, -0.2) is 28.3 Å². The minimum atomic E-state index is -0.371. The van der Waals surface area contributed by atoms with Crippen LogP contribution in [0.2, 0.25) is 0 Å². The summed E-state index contributed by atoms with van der Waals surface area (Å²) in [6.45, 7) is 10.1. The second-order valence-corrected chi connectivity index (χ2v) is 6.74. The van der Waals surface area contributed by atoms with E-state index in [1.54, 1.807) is 6.20 Å². The number of ether oxygens (including phenoxy) is 1. The average Bonchev–Trinajstić information content (AvgIpc) is 2.68. The van der Waals surface area contributed by atoms with Crippen molar-refractivity contribution in [1.29, 1.82) is 0 Å². The summed E-state index contributed by atoms with van der Waals surface area (Å²) in [7, 11) is -0.371. The van der Waals surface area contributed by atoms with E-state index >= 15 is 0 Å². The Kier molecular flexibility index (Phi) is 3.90. The molecule has 1 aliphatic rings. The fourth-order valence-electron chi connectivity index (χ4n) is 2.25. The van der Waals surface area contributed by atoms with Crippen molar-refractivity contribution in [2.75, 3.05) is 0 Å². The molecular formula is C17H21BN2O3. The molecule has 23 heavy (non-hydrogen) atoms. The van der Waals surface area contributed by atoms with Crippen LogP contribution in [0.4, 0.5) is 0 Å². The third-order valence-corrected chi connectivity index (χ3v) is 4.39. The van der Waals surface area contributed by atoms with Gasteiger partial charge in [0.2, 0.25) is 0 Å². The van der Waals surface area contributed by atoms with Gasteiger partial charge in [-0.3, -0.25) is 0 Å². The van der Waals surface area contributed by atoms with Gasteiger partial charge in [-0.15, -0.1) is 0 Å². The molecule has 0 atom stereocenters. The van der Waals surface area contributed by atoms with Crippen molar-refractivity contribution in [2.24, 2.45) is 0 Å². The Bertz CT molecular complexity index is 685. The molecule has 1 saturated heterocycles. The third-order valence-electron chi connectivity index (χ3n) is 4.39. The van der Waals surface area contributed by atoms with E-state index in [2.05, 4.69) is 9.97 Å². The number of hydrogen-bond donors (Lipinski definition) is 0. The van der Waals surface area contributed by atoms with Gasteiger partial charge in [-0.2, -0.15) is 0 Å². The van der Waals surface area contributed by atoms with Gasteiger partial charge in [0.15, 0.2) is 0 Å². The zero-order valence-electron chi connectivity index (χ0n) is 14.2. The summed E-state index contributed by atoms with van der Waals surface area (Å²) >= 11 is 0. The van der Waals surface area contributed by atoms with Crippen LogP contribution in [0.25, 0.3) is 0 Å². The maximum Gasteiger partial charge on any atom is 0.494 e. The first-order valence-corrected chi connectivity index (χ1v) is 7.70. The Labute approximate surface area is 137 Å². The molecule has 6 heteroatoms. The van der Waals surface area contributed by atoms with Gasteiger partial charge in [-0.05, 0) is 58.3 Å². The summed E-state index contributed by atoms with van der Waals surface area (Å²) in [5, 5.41) is 0. The molecule has 0 bridgehead atoms. The summed E-state index contributed by atoms with van der Waals surface area (Å²) < 4.78 is 17.7. The standard InChI is InChI=1S/C17H21BN2O3/c1-12-10-11-19-15(20-12)21-14-8-6-13(7-9-14)18-22-16(2,3)17(4,5)23-18/h6-11H,1-5H3. The lowest BCUT2D eigenvalue weighted by molar-refractivity contribution is 0.00578. The highest BCUT2D eigenvalue weighted by molar-refractivity contribution is 6.62. The normalized spacial score (nSPS) is 18.9. The first-order valence-electron chi connectivity index (χ1n) is 7.70. The van der Waals surface area contributed by atoms with Gasteiger partial charge in [-0.1, -0.05) is 12.1 Å². The first-order chi connectivity index (χ1) is 10.8. The highest BCUT2D eigenvalue weighted by Crippen LogP contribution is 2.36. The summed E-state index contributed by atoms with van der Waals surface area (Å²) in [5.41, 5.74) is 1.13. The number of aromatic nitrogens is 2. The third kappa shape index (κ3) is 3.23. The number of rotatable bonds is 3. The molecular weight excluding hydrogens is 291 g/mol. The monoisotopic (exact) mass is 312 g/mol. The lowest BCUT2D eigenvalue weighted by Gasteiger charge is -2.32. The van der Waals surface area contributed by atoms with Gasteiger partial charge in [0.05, 0.1) is 11.2 Å². The van der Waals surface area contributed by atoms with E-state index in [1.165, 1.54) is 0 Å². The molecule has 0 saturated carbocycles. The molecule has 5 nitrogen and oxygen atoms in total. The Morgan fingerprint density at radius 1 is 0.957 bits per heavy atom. The zero-order valence-corrected chi connectivity index (χ0v) is 14.2. The molecule has 0 unspecified atom stereocenters. The van der Waals surface area contributed by atoms with Crippen molar-refractivity contribution < 1.29 is 14.0 Å². The van der Waals surface area contributed by atoms with E-state index in [4.69, 9.17) is 14.0 Å². The Balaban J connectivity index is 1.73. The van der Waals surface area contributed by atoms with Crippen LogP contribution in [0.5, 0.6) is 11.8 Å². The predicted octanol–water partition coefficient (Wildman–Crippen LogP) is 2.88. The van der Waals surface area contributed by atoms with Gasteiger partial charge >= 0.3 is 13.1 Å². The molecule has 2 aromatic rings. The lowest BCUT2D eigenvalue weighted by Crippen LogP contribution is -2.41. The maximum absolute atomic E-state index is 6.04. The molecule has 0 amide bonds. The van der Waals surface area contributed by atoms with E-state index < -0.39 is 0 Å². The number of hydrogen-bond acceptors (Lipinski definition) is 5. The smallest absolute Gasteiger partial charge is 0.424 e. The van der Waals surface area contributed by atoms with E-state index in [9.17, 15) is 0 Å². The molecule has 1 aromatic heterocycles. The summed E-state index contributed by atoms with van der Waals surface area (Å²) in [6, 6.07) is 9.78. The molecule has 3 rings (SSSR count). The van der Waals surface area contributed by atoms with Crippen LogP contribution < -0.4 is 10.2 Å². The molecule has 120 valence electrons. The molecule has 0 spiro atoms. The molecule has 1 fully saturated rings. The van der Waals surface area contributed by atoms with Crippen molar-refractivity contribution in [3.63, 3.8) is 0 Å². The van der Waals surface area contributed by atoms with Crippen molar-refractivity contribution in [1.82, 2.24) is 9.97 Å². The topological polar surface area (TPSA) is 53.5 Å². The molecule has 0 N–H and O–H groups in total. The Morgan fingerprint density at radius 2 is 1.57 bits per heavy atom. The molecule has 0 radical (unpaired) electrons. The van der Waals surface area contributed by atoms with E-state index in [-0.39, 0.29) is 18.3 Å². The van der Waals surface area contributed by atoms with Crippen molar-refractivity contribution >= 4 is 12.6 Å². The van der Waals surface area contributed by atoms with Gasteiger partial charge in [0.25, 0.3) is 0 Å². The minimum Gasteiger partial charge on any atom is -0.424 e. The zero-order chi connectivity index (χ0) is 16.7. The Morgan fingerprint density at radius 3 is 2.13 bits per heavy atom. The first kappa shape index (κ1) is 16.0. The van der Waals surface area contributed by atoms with Gasteiger partial charge in [0.1, 0.15) is 5.75 Å². The maximum atomic E-state index is 6.04. The second-order valence-electron chi connectivity index (χ2n) is 6.74. The lowest BCUT2D eigenvalue weighted by atomic mass is 9.79. The van der Waals surface area contributed by atoms with Crippen molar-refractivity contribution in [2.45, 2.75) is 45.8 Å². The van der Waals surface area contributed by atoms with Crippen LogP contribution >= 0.6 is 0 Å². The average molecular weight is 312 g/mol. The summed E-state index contributed by atoms with van der Waals surface area (Å²) in [5.74, 6) is 0.677. The van der Waals surface area contributed by atoms with Gasteiger partial charge in [0, 0.05) is 11.9 Å². The van der Waals surface area contributed by atoms with Crippen LogP contribution in [0.1, 0.15) is 33.4 Å². The van der Waals surface area contributed by atoms with Crippen LogP contribution in [-0.2, 0) is 9.31 Å². The summed E-state index contributed by atoms with van der Waals surface area (Å²) in [6.07, 6.45) is 1.68. The minimum absolute atomic E-state index is 0.341. The molecule has 1 aliphatic heterocycles. The molecule has 2 heterocycles. The molecule has 1 aromatic carbocycles. The number of benzene rings is 1. The van der Waals surface area contributed by atoms with Crippen LogP contribution in [0.3, 0.4) is 0 Å². The van der Waals surface area contributed by atoms with Gasteiger partial charge in [-0.25, -0.2) is 9.97 Å². The van der Waals surface area contributed by atoms with E-state index in [0.717, 1.165) is 11.2 Å².